The van der Waals surface area contributed by atoms with Crippen LogP contribution in [0.25, 0.3) is 5.69 Å². The van der Waals surface area contributed by atoms with Crippen molar-refractivity contribution in [3.8, 4) is 5.69 Å². The molecule has 3 heterocycles. The molecule has 0 saturated carbocycles. The number of hydrogen-bond donors (Lipinski definition) is 2. The summed E-state index contributed by atoms with van der Waals surface area (Å²) >= 11 is 12.6. The topological polar surface area (TPSA) is 62.2 Å². The fourth-order valence-electron chi connectivity index (χ4n) is 5.40. The minimum absolute atomic E-state index is 0.0833. The van der Waals surface area contributed by atoms with Crippen molar-refractivity contribution in [2.45, 2.75) is 53.6 Å². The average Bonchev–Trinajstić information content (AvgIpc) is 3.41. The molecule has 1 saturated heterocycles. The van der Waals surface area contributed by atoms with Crippen molar-refractivity contribution >= 4 is 46.2 Å². The summed E-state index contributed by atoms with van der Waals surface area (Å²) in [4.78, 5) is 19.1. The predicted octanol–water partition coefficient (Wildman–Crippen LogP) is 7.53. The number of halogens is 1. The van der Waals surface area contributed by atoms with E-state index in [2.05, 4.69) is 72.1 Å². The fraction of sp³-hybridized carbons (Fsp3) is 0.281. The Bertz CT molecular complexity index is 1600. The van der Waals surface area contributed by atoms with E-state index in [1.165, 1.54) is 16.8 Å². The number of aromatic nitrogens is 2. The number of pyridine rings is 1. The number of amides is 1. The summed E-state index contributed by atoms with van der Waals surface area (Å²) in [6.45, 7) is 12.3. The van der Waals surface area contributed by atoms with Gasteiger partial charge in [-0.1, -0.05) is 43.6 Å². The number of anilines is 2. The van der Waals surface area contributed by atoms with E-state index in [0.29, 0.717) is 15.8 Å². The lowest BCUT2D eigenvalue weighted by molar-refractivity contribution is -0.118. The third-order valence-electron chi connectivity index (χ3n) is 7.51. The minimum atomic E-state index is -0.181. The van der Waals surface area contributed by atoms with Crippen molar-refractivity contribution < 1.29 is 4.79 Å². The molecule has 2 aromatic carbocycles. The highest BCUT2D eigenvalue weighted by Crippen LogP contribution is 2.45. The Balaban J connectivity index is 1.64. The lowest BCUT2D eigenvalue weighted by Gasteiger charge is -2.28. The van der Waals surface area contributed by atoms with E-state index < -0.39 is 0 Å². The number of hydrogen-bond acceptors (Lipinski definition) is 3. The van der Waals surface area contributed by atoms with Gasteiger partial charge < -0.3 is 20.1 Å². The second-order valence-electron chi connectivity index (χ2n) is 10.8. The number of benzene rings is 2. The molecule has 2 N–H and O–H groups in total. The van der Waals surface area contributed by atoms with Crippen molar-refractivity contribution in [2.24, 2.45) is 5.92 Å². The Labute approximate surface area is 246 Å². The van der Waals surface area contributed by atoms with Gasteiger partial charge in [-0.15, -0.1) is 0 Å². The molecule has 0 aliphatic carbocycles. The van der Waals surface area contributed by atoms with Gasteiger partial charge in [0.1, 0.15) is 0 Å². The maximum Gasteiger partial charge on any atom is 0.226 e. The van der Waals surface area contributed by atoms with E-state index in [4.69, 9.17) is 28.8 Å². The van der Waals surface area contributed by atoms with E-state index >= 15 is 0 Å². The standard InChI is InChI=1S/C32H34ClN5OS/c1-18(2)31(39)35-26-13-12-23(17-25(26)33)38-30(29(36-32(38)40)27-9-7-8-14-34-27)24-16-21(5)37(22(24)6)28-15-19(3)10-11-20(28)4/h7-18,29-30H,1-6H3,(H,35,39)(H,36,40)/t29-,30+/m1/s1. The largest absolute Gasteiger partial charge is 0.351 e. The van der Waals surface area contributed by atoms with Crippen molar-refractivity contribution in [3.63, 3.8) is 0 Å². The molecule has 1 aliphatic heterocycles. The van der Waals surface area contributed by atoms with E-state index in [1.54, 1.807) is 0 Å². The molecule has 1 amide bonds. The summed E-state index contributed by atoms with van der Waals surface area (Å²) in [6, 6.07) is 20.0. The number of rotatable bonds is 6. The molecule has 40 heavy (non-hydrogen) atoms. The van der Waals surface area contributed by atoms with Crippen molar-refractivity contribution in [3.05, 3.63) is 106 Å². The Hall–Kier alpha value is -3.68. The fourth-order valence-corrected chi connectivity index (χ4v) is 5.97. The summed E-state index contributed by atoms with van der Waals surface area (Å²) in [5.41, 5.74) is 9.34. The van der Waals surface area contributed by atoms with Crippen LogP contribution in [0.3, 0.4) is 0 Å². The van der Waals surface area contributed by atoms with Crippen LogP contribution in [0, 0.1) is 33.6 Å². The van der Waals surface area contributed by atoms with Crippen molar-refractivity contribution in [1.29, 1.82) is 0 Å². The molecule has 2 aromatic heterocycles. The molecule has 4 aromatic rings. The second kappa shape index (κ2) is 11.1. The molecule has 0 unspecified atom stereocenters. The zero-order valence-corrected chi connectivity index (χ0v) is 25.2. The molecule has 0 radical (unpaired) electrons. The van der Waals surface area contributed by atoms with Gasteiger partial charge in [-0.3, -0.25) is 9.78 Å². The molecule has 0 spiro atoms. The maximum absolute atomic E-state index is 12.3. The van der Waals surface area contributed by atoms with Gasteiger partial charge in [-0.05, 0) is 99.1 Å². The molecule has 0 bridgehead atoms. The van der Waals surface area contributed by atoms with Crippen LogP contribution in [-0.4, -0.2) is 20.6 Å². The number of carbonyl (C=O) groups excluding carboxylic acids is 1. The number of thiocarbonyl (C=S) groups is 1. The summed E-state index contributed by atoms with van der Waals surface area (Å²) in [6.07, 6.45) is 1.81. The smallest absolute Gasteiger partial charge is 0.226 e. The highest BCUT2D eigenvalue weighted by atomic mass is 35.5. The minimum Gasteiger partial charge on any atom is -0.351 e. The summed E-state index contributed by atoms with van der Waals surface area (Å²) in [5.74, 6) is -0.234. The van der Waals surface area contributed by atoms with Gasteiger partial charge in [0.05, 0.1) is 28.5 Å². The number of nitrogens with zero attached hydrogens (tertiary/aromatic N) is 3. The van der Waals surface area contributed by atoms with Gasteiger partial charge in [0.25, 0.3) is 0 Å². The first-order valence-electron chi connectivity index (χ1n) is 13.4. The highest BCUT2D eigenvalue weighted by Gasteiger charge is 2.42. The average molecular weight is 572 g/mol. The molecule has 8 heteroatoms. The van der Waals surface area contributed by atoms with Gasteiger partial charge in [0.15, 0.2) is 5.11 Å². The Morgan fingerprint density at radius 3 is 2.50 bits per heavy atom. The van der Waals surface area contributed by atoms with E-state index in [9.17, 15) is 4.79 Å². The van der Waals surface area contributed by atoms with Gasteiger partial charge >= 0.3 is 0 Å². The molecule has 1 fully saturated rings. The molecule has 6 nitrogen and oxygen atoms in total. The third-order valence-corrected chi connectivity index (χ3v) is 8.13. The SMILES string of the molecule is Cc1ccc(C)c(-n2c(C)cc([C@H]3[C@@H](c4ccccn4)NC(=S)N3c3ccc(NC(=O)C(C)C)c(Cl)c3)c2C)c1. The highest BCUT2D eigenvalue weighted by molar-refractivity contribution is 7.80. The van der Waals surface area contributed by atoms with Crippen LogP contribution in [0.2, 0.25) is 5.02 Å². The van der Waals surface area contributed by atoms with Gasteiger partial charge in [-0.2, -0.15) is 0 Å². The van der Waals surface area contributed by atoms with E-state index in [1.807, 2.05) is 56.4 Å². The molecular weight excluding hydrogens is 538 g/mol. The normalized spacial score (nSPS) is 16.9. The zero-order chi connectivity index (χ0) is 28.7. The first-order chi connectivity index (χ1) is 19.1. The van der Waals surface area contributed by atoms with Crippen LogP contribution >= 0.6 is 23.8 Å². The van der Waals surface area contributed by atoms with Crippen LogP contribution in [-0.2, 0) is 4.79 Å². The monoisotopic (exact) mass is 571 g/mol. The Morgan fingerprint density at radius 1 is 1.05 bits per heavy atom. The summed E-state index contributed by atoms with van der Waals surface area (Å²) in [5, 5.41) is 7.49. The van der Waals surface area contributed by atoms with Crippen LogP contribution in [0.5, 0.6) is 0 Å². The number of nitrogens with one attached hydrogen (secondary N) is 2. The van der Waals surface area contributed by atoms with Crippen LogP contribution in [0.1, 0.15) is 59.7 Å². The maximum atomic E-state index is 12.3. The van der Waals surface area contributed by atoms with Crippen molar-refractivity contribution in [1.82, 2.24) is 14.9 Å². The lowest BCUT2D eigenvalue weighted by Crippen LogP contribution is -2.29. The van der Waals surface area contributed by atoms with Gasteiger partial charge in [0, 0.05) is 34.9 Å². The van der Waals surface area contributed by atoms with Gasteiger partial charge in [-0.25, -0.2) is 0 Å². The molecule has 5 rings (SSSR count). The molecule has 206 valence electrons. The van der Waals surface area contributed by atoms with Gasteiger partial charge in [0.2, 0.25) is 5.91 Å². The number of carbonyl (C=O) groups is 1. The molecule has 2 atom stereocenters. The van der Waals surface area contributed by atoms with Crippen LogP contribution in [0.15, 0.2) is 66.9 Å². The lowest BCUT2D eigenvalue weighted by atomic mass is 9.96. The van der Waals surface area contributed by atoms with E-state index in [0.717, 1.165) is 28.3 Å². The van der Waals surface area contributed by atoms with Crippen molar-refractivity contribution in [2.75, 3.05) is 10.2 Å². The zero-order valence-electron chi connectivity index (χ0n) is 23.6. The summed E-state index contributed by atoms with van der Waals surface area (Å²) < 4.78 is 2.32. The Kier molecular flexibility index (Phi) is 7.71. The van der Waals surface area contributed by atoms with E-state index in [-0.39, 0.29) is 23.9 Å². The summed E-state index contributed by atoms with van der Waals surface area (Å²) in [7, 11) is 0. The Morgan fingerprint density at radius 2 is 1.82 bits per heavy atom. The molecular formula is C32H34ClN5OS. The number of aryl methyl sites for hydroxylation is 3. The first kappa shape index (κ1) is 27.9. The van der Waals surface area contributed by atoms with Crippen LogP contribution in [0.4, 0.5) is 11.4 Å². The molecule has 1 aliphatic rings. The second-order valence-corrected chi connectivity index (χ2v) is 11.6. The predicted molar refractivity (Wildman–Crippen MR) is 168 cm³/mol. The van der Waals surface area contributed by atoms with Crippen LogP contribution < -0.4 is 15.5 Å². The first-order valence-corrected chi connectivity index (χ1v) is 14.2. The quantitative estimate of drug-likeness (QED) is 0.234. The third kappa shape index (κ3) is 5.11.